The van der Waals surface area contributed by atoms with Gasteiger partial charge < -0.3 is 14.4 Å². The number of hydrogen-bond donors (Lipinski definition) is 0. The molecular weight excluding hydrogens is 494 g/mol. The maximum absolute atomic E-state index is 13.1. The van der Waals surface area contributed by atoms with Crippen LogP contribution in [0.2, 0.25) is 5.02 Å². The van der Waals surface area contributed by atoms with Crippen LogP contribution < -0.4 is 10.5 Å². The van der Waals surface area contributed by atoms with Gasteiger partial charge >= 0.3 is 5.97 Å². The normalized spacial score (nSPS) is 18.4. The van der Waals surface area contributed by atoms with E-state index >= 15 is 0 Å². The highest BCUT2D eigenvalue weighted by atomic mass is 35.5. The fourth-order valence-electron chi connectivity index (χ4n) is 5.30. The van der Waals surface area contributed by atoms with E-state index < -0.39 is 12.2 Å². The maximum Gasteiger partial charge on any atom is 0.359 e. The van der Waals surface area contributed by atoms with E-state index in [2.05, 4.69) is 31.1 Å². The first-order chi connectivity index (χ1) is 17.9. The van der Waals surface area contributed by atoms with Gasteiger partial charge in [-0.05, 0) is 51.2 Å². The molecule has 2 aromatic heterocycles. The number of halogens is 1. The summed E-state index contributed by atoms with van der Waals surface area (Å²) in [6.07, 6.45) is 4.55. The molecule has 0 radical (unpaired) electrons. The third-order valence-corrected chi connectivity index (χ3v) is 7.61. The van der Waals surface area contributed by atoms with Crippen LogP contribution in [0, 0.1) is 6.92 Å². The van der Waals surface area contributed by atoms with Gasteiger partial charge in [-0.15, -0.1) is 0 Å². The monoisotopic (exact) mass is 525 g/mol. The molecule has 2 aliphatic heterocycles. The first-order valence-corrected chi connectivity index (χ1v) is 13.2. The van der Waals surface area contributed by atoms with Crippen molar-refractivity contribution >= 4 is 23.3 Å². The van der Waals surface area contributed by atoms with Crippen molar-refractivity contribution in [1.29, 1.82) is 0 Å². The average Bonchev–Trinajstić information content (AvgIpc) is 3.30. The van der Waals surface area contributed by atoms with Crippen LogP contribution in [0.25, 0.3) is 0 Å². The fraction of sp³-hybridized carbons (Fsp3) is 0.481. The van der Waals surface area contributed by atoms with Crippen LogP contribution in [-0.4, -0.2) is 45.3 Å². The molecule has 0 saturated carbocycles. The minimum atomic E-state index is -0.453. The lowest BCUT2D eigenvalue weighted by Gasteiger charge is -2.31. The molecule has 196 valence electrons. The molecule has 3 aromatic rings. The van der Waals surface area contributed by atoms with E-state index in [0.29, 0.717) is 37.5 Å². The van der Waals surface area contributed by atoms with E-state index in [-0.39, 0.29) is 23.2 Å². The smallest absolute Gasteiger partial charge is 0.359 e. The molecule has 37 heavy (non-hydrogen) atoms. The van der Waals surface area contributed by atoms with Crippen LogP contribution in [0.15, 0.2) is 35.3 Å². The SMILES string of the molecule is CCOC(=O)c1nn(C(C)c2ccccc2C)c2c1CN(c1cnn(C3CCCCO3)c(=O)c1Cl)CC2. The molecule has 1 aromatic carbocycles. The predicted octanol–water partition coefficient (Wildman–Crippen LogP) is 4.45. The summed E-state index contributed by atoms with van der Waals surface area (Å²) < 4.78 is 14.4. The second-order valence-electron chi connectivity index (χ2n) is 9.56. The Balaban J connectivity index is 1.50. The summed E-state index contributed by atoms with van der Waals surface area (Å²) in [6, 6.07) is 8.13. The quantitative estimate of drug-likeness (QED) is 0.439. The summed E-state index contributed by atoms with van der Waals surface area (Å²) in [4.78, 5) is 28.0. The van der Waals surface area contributed by atoms with Crippen molar-refractivity contribution in [3.63, 3.8) is 0 Å². The number of benzene rings is 1. The Morgan fingerprint density at radius 3 is 2.84 bits per heavy atom. The molecule has 10 heteroatoms. The van der Waals surface area contributed by atoms with Gasteiger partial charge in [0.25, 0.3) is 5.56 Å². The van der Waals surface area contributed by atoms with Crippen molar-refractivity contribution in [3.8, 4) is 0 Å². The van der Waals surface area contributed by atoms with Gasteiger partial charge in [0, 0.05) is 37.4 Å². The third-order valence-electron chi connectivity index (χ3n) is 7.25. The van der Waals surface area contributed by atoms with E-state index in [1.54, 1.807) is 13.1 Å². The Hall–Kier alpha value is -3.17. The predicted molar refractivity (Wildman–Crippen MR) is 140 cm³/mol. The van der Waals surface area contributed by atoms with Gasteiger partial charge in [0.05, 0.1) is 24.5 Å². The van der Waals surface area contributed by atoms with E-state index in [0.717, 1.165) is 41.6 Å². The summed E-state index contributed by atoms with van der Waals surface area (Å²) in [6.45, 7) is 7.78. The minimum Gasteiger partial charge on any atom is -0.461 e. The molecule has 1 saturated heterocycles. The molecular formula is C27H32ClN5O4. The van der Waals surface area contributed by atoms with Gasteiger partial charge in [0.15, 0.2) is 11.9 Å². The number of rotatable bonds is 6. The van der Waals surface area contributed by atoms with Gasteiger partial charge in [-0.1, -0.05) is 35.9 Å². The second kappa shape index (κ2) is 10.7. The van der Waals surface area contributed by atoms with Gasteiger partial charge in [0.1, 0.15) is 5.02 Å². The molecule has 2 atom stereocenters. The fourth-order valence-corrected chi connectivity index (χ4v) is 5.56. The van der Waals surface area contributed by atoms with Gasteiger partial charge in [-0.2, -0.15) is 14.9 Å². The van der Waals surface area contributed by atoms with Crippen LogP contribution in [0.3, 0.4) is 0 Å². The summed E-state index contributed by atoms with van der Waals surface area (Å²) >= 11 is 6.60. The number of aryl methyl sites for hydroxylation is 1. The maximum atomic E-state index is 13.1. The number of aromatic nitrogens is 4. The molecule has 5 rings (SSSR count). The summed E-state index contributed by atoms with van der Waals surface area (Å²) in [7, 11) is 0. The molecule has 2 unspecified atom stereocenters. The Morgan fingerprint density at radius 2 is 2.11 bits per heavy atom. The third kappa shape index (κ3) is 4.78. The Morgan fingerprint density at radius 1 is 1.30 bits per heavy atom. The van der Waals surface area contributed by atoms with Crippen LogP contribution in [0.5, 0.6) is 0 Å². The minimum absolute atomic E-state index is 0.0608. The highest BCUT2D eigenvalue weighted by Crippen LogP contribution is 2.33. The molecule has 9 nitrogen and oxygen atoms in total. The number of carbonyl (C=O) groups is 1. The number of ether oxygens (including phenoxy) is 2. The highest BCUT2D eigenvalue weighted by Gasteiger charge is 2.32. The standard InChI is InChI=1S/C27H32ClN5O4/c1-4-36-27(35)25-20-16-31(22-15-29-33(26(34)24(22)28)23-11-7-8-14-37-23)13-12-21(20)32(30-25)18(3)19-10-6-5-9-17(19)2/h5-6,9-10,15,18,23H,4,7-8,11-14,16H2,1-3H3. The van der Waals surface area contributed by atoms with Crippen molar-refractivity contribution in [2.45, 2.75) is 65.3 Å². The lowest BCUT2D eigenvalue weighted by molar-refractivity contribution is -0.0424. The van der Waals surface area contributed by atoms with E-state index in [1.807, 2.05) is 21.7 Å². The molecule has 4 heterocycles. The van der Waals surface area contributed by atoms with Crippen molar-refractivity contribution in [2.24, 2.45) is 0 Å². The Kier molecular flexibility index (Phi) is 7.35. The van der Waals surface area contributed by atoms with Gasteiger partial charge in [-0.3, -0.25) is 9.48 Å². The Labute approximate surface area is 220 Å². The summed E-state index contributed by atoms with van der Waals surface area (Å²) in [5, 5.41) is 9.26. The van der Waals surface area contributed by atoms with Crippen molar-refractivity contribution in [1.82, 2.24) is 19.6 Å². The van der Waals surface area contributed by atoms with Crippen LogP contribution in [-0.2, 0) is 22.4 Å². The summed E-state index contributed by atoms with van der Waals surface area (Å²) in [5.41, 5.74) is 4.56. The molecule has 2 aliphatic rings. The summed E-state index contributed by atoms with van der Waals surface area (Å²) in [5.74, 6) is -0.453. The number of carbonyl (C=O) groups excluding carboxylic acids is 1. The number of fused-ring (bicyclic) bond motifs is 1. The van der Waals surface area contributed by atoms with Crippen molar-refractivity contribution < 1.29 is 14.3 Å². The number of nitrogens with zero attached hydrogens (tertiary/aromatic N) is 5. The zero-order valence-electron chi connectivity index (χ0n) is 21.4. The first kappa shape index (κ1) is 25.5. The zero-order valence-corrected chi connectivity index (χ0v) is 22.2. The molecule has 0 spiro atoms. The van der Waals surface area contributed by atoms with E-state index in [9.17, 15) is 9.59 Å². The van der Waals surface area contributed by atoms with Crippen LogP contribution in [0.4, 0.5) is 5.69 Å². The van der Waals surface area contributed by atoms with Crippen molar-refractivity contribution in [3.05, 3.63) is 73.9 Å². The molecule has 0 N–H and O–H groups in total. The number of anilines is 1. The zero-order chi connectivity index (χ0) is 26.1. The molecule has 1 fully saturated rings. The molecule has 0 amide bonds. The second-order valence-corrected chi connectivity index (χ2v) is 9.94. The average molecular weight is 526 g/mol. The number of hydrogen-bond acceptors (Lipinski definition) is 7. The van der Waals surface area contributed by atoms with Crippen molar-refractivity contribution in [2.75, 3.05) is 24.7 Å². The van der Waals surface area contributed by atoms with Crippen LogP contribution in [0.1, 0.15) is 78.3 Å². The lowest BCUT2D eigenvalue weighted by atomic mass is 10.0. The van der Waals surface area contributed by atoms with E-state index in [4.69, 9.17) is 26.2 Å². The first-order valence-electron chi connectivity index (χ1n) is 12.9. The van der Waals surface area contributed by atoms with Crippen LogP contribution >= 0.6 is 11.6 Å². The molecule has 0 aliphatic carbocycles. The lowest BCUT2D eigenvalue weighted by Crippen LogP contribution is -2.36. The number of esters is 1. The largest absolute Gasteiger partial charge is 0.461 e. The molecule has 0 bridgehead atoms. The Bertz CT molecular complexity index is 1360. The van der Waals surface area contributed by atoms with Gasteiger partial charge in [-0.25, -0.2) is 4.79 Å². The van der Waals surface area contributed by atoms with E-state index in [1.165, 1.54) is 4.68 Å². The topological polar surface area (TPSA) is 91.5 Å². The highest BCUT2D eigenvalue weighted by molar-refractivity contribution is 6.33. The van der Waals surface area contributed by atoms with Gasteiger partial charge in [0.2, 0.25) is 0 Å².